The normalized spacial score (nSPS) is 11.8. The summed E-state index contributed by atoms with van der Waals surface area (Å²) in [6.07, 6.45) is 4.30. The summed E-state index contributed by atoms with van der Waals surface area (Å²) in [5, 5.41) is 3.04. The van der Waals surface area contributed by atoms with E-state index in [4.69, 9.17) is 4.74 Å². The highest BCUT2D eigenvalue weighted by atomic mass is 16.5. The fraction of sp³-hybridized carbons (Fsp3) is 0.227. The van der Waals surface area contributed by atoms with Crippen molar-refractivity contribution in [3.05, 3.63) is 83.7 Å². The second-order valence-electron chi connectivity index (χ2n) is 6.49. The van der Waals surface area contributed by atoms with E-state index in [9.17, 15) is 4.79 Å². The quantitative estimate of drug-likeness (QED) is 0.700. The van der Waals surface area contributed by atoms with E-state index < -0.39 is 0 Å². The molecule has 1 heterocycles. The number of benzene rings is 2. The molecule has 1 amide bonds. The van der Waals surface area contributed by atoms with Gasteiger partial charge in [0, 0.05) is 18.1 Å². The van der Waals surface area contributed by atoms with E-state index in [2.05, 4.69) is 16.0 Å². The predicted molar refractivity (Wildman–Crippen MR) is 105 cm³/mol. The number of anilines is 1. The van der Waals surface area contributed by atoms with E-state index in [1.54, 1.807) is 7.11 Å². The second kappa shape index (κ2) is 7.91. The van der Waals surface area contributed by atoms with Gasteiger partial charge in [-0.05, 0) is 55.3 Å². The number of hydrogen-bond acceptors (Lipinski definition) is 2. The topological polar surface area (TPSA) is 43.3 Å². The molecule has 134 valence electrons. The van der Waals surface area contributed by atoms with Crippen molar-refractivity contribution in [2.75, 3.05) is 12.4 Å². The molecule has 0 bridgehead atoms. The van der Waals surface area contributed by atoms with Crippen LogP contribution in [0.2, 0.25) is 0 Å². The molecule has 0 aliphatic rings. The number of aryl methyl sites for hydroxylation is 2. The second-order valence-corrected chi connectivity index (χ2v) is 6.49. The zero-order chi connectivity index (χ0) is 18.5. The molecule has 0 aliphatic heterocycles. The number of nitrogens with one attached hydrogen (secondary N) is 1. The Morgan fingerprint density at radius 2 is 1.85 bits per heavy atom. The maximum absolute atomic E-state index is 12.7. The van der Waals surface area contributed by atoms with Crippen LogP contribution < -0.4 is 10.1 Å². The van der Waals surface area contributed by atoms with E-state index in [0.717, 1.165) is 22.6 Å². The van der Waals surface area contributed by atoms with Gasteiger partial charge in [-0.25, -0.2) is 0 Å². The lowest BCUT2D eigenvalue weighted by Gasteiger charge is -2.20. The van der Waals surface area contributed by atoms with E-state index in [-0.39, 0.29) is 11.9 Å². The Morgan fingerprint density at radius 3 is 2.54 bits per heavy atom. The number of amides is 1. The fourth-order valence-corrected chi connectivity index (χ4v) is 3.13. The summed E-state index contributed by atoms with van der Waals surface area (Å²) in [4.78, 5) is 12.7. The van der Waals surface area contributed by atoms with Gasteiger partial charge in [0.05, 0.1) is 19.6 Å². The summed E-state index contributed by atoms with van der Waals surface area (Å²) < 4.78 is 7.39. The smallest absolute Gasteiger partial charge is 0.226 e. The minimum Gasteiger partial charge on any atom is -0.497 e. The van der Waals surface area contributed by atoms with E-state index in [0.29, 0.717) is 6.42 Å². The Kier molecular flexibility index (Phi) is 5.42. The van der Waals surface area contributed by atoms with Crippen LogP contribution in [0.5, 0.6) is 5.75 Å². The third-order valence-corrected chi connectivity index (χ3v) is 4.50. The number of hydrogen-bond donors (Lipinski definition) is 1. The molecule has 0 spiro atoms. The molecule has 1 N–H and O–H groups in total. The number of aromatic nitrogens is 1. The van der Waals surface area contributed by atoms with Crippen LogP contribution in [-0.2, 0) is 4.79 Å². The van der Waals surface area contributed by atoms with Crippen LogP contribution in [0.3, 0.4) is 0 Å². The Labute approximate surface area is 154 Å². The zero-order valence-electron chi connectivity index (χ0n) is 15.4. The SMILES string of the molecule is COc1cccc([C@@H](CC(=O)Nc2ccc(C)cc2C)n2cccc2)c1. The van der Waals surface area contributed by atoms with Gasteiger partial charge in [0.25, 0.3) is 0 Å². The van der Waals surface area contributed by atoms with Crippen LogP contribution >= 0.6 is 0 Å². The first-order valence-corrected chi connectivity index (χ1v) is 8.70. The standard InChI is InChI=1S/C22H24N2O2/c1-16-9-10-20(17(2)13-16)23-22(25)15-21(24-11-4-5-12-24)18-7-6-8-19(14-18)26-3/h4-14,21H,15H2,1-3H3,(H,23,25)/t21-/m1/s1. The van der Waals surface area contributed by atoms with Crippen LogP contribution in [0.25, 0.3) is 0 Å². The third-order valence-electron chi connectivity index (χ3n) is 4.50. The average Bonchev–Trinajstić information content (AvgIpc) is 3.16. The van der Waals surface area contributed by atoms with Crippen LogP contribution in [0.15, 0.2) is 67.0 Å². The Hall–Kier alpha value is -3.01. The van der Waals surface area contributed by atoms with E-state index in [1.807, 2.05) is 74.8 Å². The van der Waals surface area contributed by atoms with Gasteiger partial charge < -0.3 is 14.6 Å². The van der Waals surface area contributed by atoms with Crippen molar-refractivity contribution in [3.8, 4) is 5.75 Å². The third kappa shape index (κ3) is 4.14. The maximum Gasteiger partial charge on any atom is 0.226 e. The summed E-state index contributed by atoms with van der Waals surface area (Å²) in [5.41, 5.74) is 4.15. The number of carbonyl (C=O) groups is 1. The first-order valence-electron chi connectivity index (χ1n) is 8.70. The van der Waals surface area contributed by atoms with Gasteiger partial charge in [-0.15, -0.1) is 0 Å². The predicted octanol–water partition coefficient (Wildman–Crippen LogP) is 4.73. The molecule has 2 aromatic carbocycles. The van der Waals surface area contributed by atoms with Gasteiger partial charge in [0.2, 0.25) is 5.91 Å². The van der Waals surface area contributed by atoms with E-state index in [1.165, 1.54) is 5.56 Å². The molecule has 0 aliphatic carbocycles. The molecule has 4 nitrogen and oxygen atoms in total. The van der Waals surface area contributed by atoms with Gasteiger partial charge in [0.15, 0.2) is 0 Å². The lowest BCUT2D eigenvalue weighted by Crippen LogP contribution is -2.20. The summed E-state index contributed by atoms with van der Waals surface area (Å²) >= 11 is 0. The molecule has 26 heavy (non-hydrogen) atoms. The summed E-state index contributed by atoms with van der Waals surface area (Å²) in [5.74, 6) is 0.771. The van der Waals surface area contributed by atoms with Crippen molar-refractivity contribution in [1.29, 1.82) is 0 Å². The summed E-state index contributed by atoms with van der Waals surface area (Å²) in [6, 6.07) is 17.7. The van der Waals surface area contributed by atoms with E-state index >= 15 is 0 Å². The highest BCUT2D eigenvalue weighted by Gasteiger charge is 2.18. The molecule has 0 fully saturated rings. The molecule has 0 saturated carbocycles. The summed E-state index contributed by atoms with van der Waals surface area (Å²) in [7, 11) is 1.65. The highest BCUT2D eigenvalue weighted by molar-refractivity contribution is 5.92. The monoisotopic (exact) mass is 348 g/mol. The molecule has 0 radical (unpaired) electrons. The van der Waals surface area contributed by atoms with Crippen molar-refractivity contribution in [3.63, 3.8) is 0 Å². The zero-order valence-corrected chi connectivity index (χ0v) is 15.4. The largest absolute Gasteiger partial charge is 0.497 e. The molecule has 0 saturated heterocycles. The minimum absolute atomic E-state index is 0.0153. The average molecular weight is 348 g/mol. The Bertz CT molecular complexity index is 885. The molecule has 0 unspecified atom stereocenters. The van der Waals surface area contributed by atoms with Crippen molar-refractivity contribution < 1.29 is 9.53 Å². The van der Waals surface area contributed by atoms with Crippen molar-refractivity contribution in [2.45, 2.75) is 26.3 Å². The first-order chi connectivity index (χ1) is 12.6. The number of ether oxygens (including phenoxy) is 1. The van der Waals surface area contributed by atoms with Gasteiger partial charge in [-0.3, -0.25) is 4.79 Å². The van der Waals surface area contributed by atoms with Crippen molar-refractivity contribution >= 4 is 11.6 Å². The summed E-state index contributed by atoms with van der Waals surface area (Å²) in [6.45, 7) is 4.05. The first kappa shape index (κ1) is 17.8. The minimum atomic E-state index is -0.0918. The lowest BCUT2D eigenvalue weighted by molar-refractivity contribution is -0.116. The molecule has 4 heteroatoms. The fourth-order valence-electron chi connectivity index (χ4n) is 3.13. The van der Waals surface area contributed by atoms with Crippen LogP contribution in [-0.4, -0.2) is 17.6 Å². The number of methoxy groups -OCH3 is 1. The Balaban J connectivity index is 1.82. The lowest BCUT2D eigenvalue weighted by atomic mass is 10.0. The van der Waals surface area contributed by atoms with Gasteiger partial charge in [0.1, 0.15) is 5.75 Å². The van der Waals surface area contributed by atoms with Gasteiger partial charge in [-0.1, -0.05) is 29.8 Å². The molecular weight excluding hydrogens is 324 g/mol. The number of rotatable bonds is 6. The molecule has 1 atom stereocenters. The Morgan fingerprint density at radius 1 is 1.08 bits per heavy atom. The molecule has 3 rings (SSSR count). The van der Waals surface area contributed by atoms with Crippen LogP contribution in [0, 0.1) is 13.8 Å². The number of nitrogens with zero attached hydrogens (tertiary/aromatic N) is 1. The van der Waals surface area contributed by atoms with Crippen molar-refractivity contribution in [1.82, 2.24) is 4.57 Å². The number of carbonyl (C=O) groups excluding carboxylic acids is 1. The maximum atomic E-state index is 12.7. The molecular formula is C22H24N2O2. The van der Waals surface area contributed by atoms with Crippen LogP contribution in [0.4, 0.5) is 5.69 Å². The highest BCUT2D eigenvalue weighted by Crippen LogP contribution is 2.26. The molecule has 3 aromatic rings. The van der Waals surface area contributed by atoms with Gasteiger partial charge in [-0.2, -0.15) is 0 Å². The van der Waals surface area contributed by atoms with Gasteiger partial charge >= 0.3 is 0 Å². The molecule has 1 aromatic heterocycles. The van der Waals surface area contributed by atoms with Crippen molar-refractivity contribution in [2.24, 2.45) is 0 Å². The van der Waals surface area contributed by atoms with Crippen LogP contribution in [0.1, 0.15) is 29.2 Å².